The van der Waals surface area contributed by atoms with Gasteiger partial charge in [0.1, 0.15) is 0 Å². The summed E-state index contributed by atoms with van der Waals surface area (Å²) < 4.78 is 1.73. The zero-order chi connectivity index (χ0) is 51.2. The first-order chi connectivity index (χ1) is 36.0. The molecule has 0 nitrogen and oxygen atoms in total. The van der Waals surface area contributed by atoms with E-state index < -0.39 is 24.3 Å². The van der Waals surface area contributed by atoms with E-state index in [2.05, 4.69) is 267 Å². The van der Waals surface area contributed by atoms with Crippen molar-refractivity contribution in [1.82, 2.24) is 0 Å². The van der Waals surface area contributed by atoms with Crippen molar-refractivity contribution in [2.75, 3.05) is 0 Å². The van der Waals surface area contributed by atoms with Crippen LogP contribution in [0.15, 0.2) is 239 Å². The van der Waals surface area contributed by atoms with E-state index in [1.165, 1.54) is 94.6 Å². The molecule has 10 rings (SSSR count). The first-order valence-corrected chi connectivity index (χ1v) is 31.9. The van der Waals surface area contributed by atoms with Gasteiger partial charge in [0, 0.05) is 0 Å². The largest absolute Gasteiger partial charge is 0.147 e. The molecule has 0 saturated heterocycles. The van der Waals surface area contributed by atoms with Crippen molar-refractivity contribution in [3.63, 3.8) is 0 Å². The summed E-state index contributed by atoms with van der Waals surface area (Å²) in [6.45, 7) is 17.0. The summed E-state index contributed by atoms with van der Waals surface area (Å²) in [7, 11) is 0. The maximum absolute atomic E-state index is 3.05. The van der Waals surface area contributed by atoms with Crippen LogP contribution >= 0.6 is 37.2 Å². The van der Waals surface area contributed by atoms with Gasteiger partial charge in [-0.1, -0.05) is 0 Å². The van der Waals surface area contributed by atoms with Crippen molar-refractivity contribution in [3.05, 3.63) is 322 Å². The molecule has 0 amide bonds. The Bertz CT molecular complexity index is 2950. The molecule has 9 aromatic carbocycles. The molecular weight excluding hydrogens is 1050 g/mol. The van der Waals surface area contributed by atoms with Gasteiger partial charge >= 0.3 is 455 Å². The first-order valence-electron chi connectivity index (χ1n) is 26.8. The molecule has 0 fully saturated rings. The molecule has 1 unspecified atom stereocenters. The molecule has 9 aromatic rings. The van der Waals surface area contributed by atoms with Crippen molar-refractivity contribution < 1.29 is 18.4 Å². The molecule has 0 N–H and O–H groups in total. The van der Waals surface area contributed by atoms with Crippen LogP contribution in [0.4, 0.5) is 0 Å². The van der Waals surface area contributed by atoms with Gasteiger partial charge in [0.2, 0.25) is 0 Å². The van der Waals surface area contributed by atoms with Gasteiger partial charge in [-0.05, 0) is 0 Å². The maximum atomic E-state index is 2.75. The van der Waals surface area contributed by atoms with E-state index in [1.807, 2.05) is 0 Å². The summed E-state index contributed by atoms with van der Waals surface area (Å²) in [6.07, 6.45) is 5.35. The molecular formula is C72H73Cl3SiTi. The number of hydrogen-bond donors (Lipinski definition) is 0. The molecule has 1 aliphatic rings. The Balaban J connectivity index is 0.00000287. The number of benzene rings is 9. The predicted molar refractivity (Wildman–Crippen MR) is 336 cm³/mol. The van der Waals surface area contributed by atoms with E-state index >= 15 is 0 Å². The summed E-state index contributed by atoms with van der Waals surface area (Å²) in [6, 6.07) is 83.8. The molecule has 0 heterocycles. The third-order valence-corrected chi connectivity index (χ3v) is 29.0. The van der Waals surface area contributed by atoms with Gasteiger partial charge in [0.25, 0.3) is 0 Å². The molecule has 0 aromatic heterocycles. The minimum Gasteiger partial charge on any atom is -0.147 e. The topological polar surface area (TPSA) is 0 Å². The molecule has 1 aliphatic carbocycles. The zero-order valence-corrected chi connectivity index (χ0v) is 50.8. The van der Waals surface area contributed by atoms with Crippen LogP contribution in [0, 0.1) is 26.7 Å². The molecule has 0 saturated carbocycles. The average Bonchev–Trinajstić information content (AvgIpc) is 3.60. The third kappa shape index (κ3) is 13.2. The van der Waals surface area contributed by atoms with E-state index in [4.69, 9.17) is 0 Å². The quantitative estimate of drug-likeness (QED) is 0.0630. The second-order valence-electron chi connectivity index (χ2n) is 21.2. The normalized spacial score (nSPS) is 13.2. The summed E-state index contributed by atoms with van der Waals surface area (Å²) in [5.41, 5.74) is 25.6. The summed E-state index contributed by atoms with van der Waals surface area (Å²) >= 11 is -0.924. The van der Waals surface area contributed by atoms with Gasteiger partial charge in [-0.2, -0.15) is 0 Å². The Morgan fingerprint density at radius 3 is 0.701 bits per heavy atom. The summed E-state index contributed by atoms with van der Waals surface area (Å²) in [5.74, 6) is -2.65. The fraction of sp³-hybridized carbons (Fsp3) is 0.194. The molecule has 0 radical (unpaired) electrons. The number of hydrogen-bond acceptors (Lipinski definition) is 0. The second-order valence-corrected chi connectivity index (χ2v) is 30.2. The maximum Gasteiger partial charge on any atom is -0.147 e. The monoisotopic (exact) mass is 1120 g/mol. The molecule has 0 spiro atoms. The Morgan fingerprint density at radius 1 is 0.312 bits per heavy atom. The van der Waals surface area contributed by atoms with Gasteiger partial charge in [-0.3, -0.25) is 0 Å². The van der Waals surface area contributed by atoms with E-state index in [9.17, 15) is 0 Å². The second kappa shape index (κ2) is 26.7. The van der Waals surface area contributed by atoms with E-state index in [0.29, 0.717) is 5.92 Å². The van der Waals surface area contributed by atoms with Crippen LogP contribution in [0.1, 0.15) is 111 Å². The number of halogens is 3. The van der Waals surface area contributed by atoms with Crippen molar-refractivity contribution in [2.45, 2.75) is 87.0 Å². The summed E-state index contributed by atoms with van der Waals surface area (Å²) in [5, 5.41) is 4.69. The van der Waals surface area contributed by atoms with Crippen molar-refractivity contribution in [2.24, 2.45) is 5.92 Å². The Morgan fingerprint density at radius 2 is 0.519 bits per heavy atom. The van der Waals surface area contributed by atoms with E-state index in [-0.39, 0.29) is 37.2 Å². The molecule has 5 heteroatoms. The van der Waals surface area contributed by atoms with Gasteiger partial charge in [-0.25, -0.2) is 0 Å². The Labute approximate surface area is 488 Å². The fourth-order valence-corrected chi connectivity index (χ4v) is 24.7. The van der Waals surface area contributed by atoms with Gasteiger partial charge in [0.05, 0.1) is 0 Å². The van der Waals surface area contributed by atoms with E-state index in [0.717, 1.165) is 38.5 Å². The Kier molecular flexibility index (Phi) is 20.5. The molecule has 0 aliphatic heterocycles. The Hall–Kier alpha value is -5.74. The SMILES string of the molecule is CC1=C(C)C(C)[C]([Ti][Si](c2cc(Cc3ccccc3)c(C)c(Cc3ccccc3)c2)(c2cc(Cc3ccccc3)c(C)c(Cc3ccccc3)c2)c2cc(Cc3ccccc3)c(C)c(Cc3ccccc3)c2)=C1C.Cl.Cl.Cl. The fourth-order valence-electron chi connectivity index (χ4n) is 11.6. The van der Waals surface area contributed by atoms with Crippen LogP contribution in [0.5, 0.6) is 0 Å². The summed E-state index contributed by atoms with van der Waals surface area (Å²) in [4.78, 5) is 0. The van der Waals surface area contributed by atoms with Crippen molar-refractivity contribution in [1.29, 1.82) is 0 Å². The standard InChI is InChI=1S/C63H57Si.C9H13.3ClH.Ti/c1-46-55(34-49-22-10-4-11-23-49)40-61(41-56(46)35-50-24-12-5-13-25-50)64(62-42-57(36-51-26-14-6-15-27-51)47(2)58(43-62)37-52-28-16-7-17-29-52)63-44-59(38-53-30-18-8-19-31-53)48(3)60(45-63)39-54-32-20-9-21-33-54;1-6-5-7(2)9(4)8(6)3;;;;/h4-33,40-45H,34-39H2,1-3H3;6H,1-4H3;3*1H;. The molecule has 390 valence electrons. The number of allylic oxidation sites excluding steroid dienone is 4. The molecule has 1 atom stereocenters. The smallest absolute Gasteiger partial charge is 0.147 e. The van der Waals surface area contributed by atoms with Gasteiger partial charge < -0.3 is 0 Å². The van der Waals surface area contributed by atoms with Crippen molar-refractivity contribution >= 4 is 58.7 Å². The third-order valence-electron chi connectivity index (χ3n) is 16.6. The molecule has 0 bridgehead atoms. The van der Waals surface area contributed by atoms with Crippen LogP contribution in [-0.2, 0) is 56.9 Å². The van der Waals surface area contributed by atoms with Crippen LogP contribution in [0.3, 0.4) is 0 Å². The minimum absolute atomic E-state index is 0. The van der Waals surface area contributed by atoms with E-state index in [1.54, 1.807) is 25.0 Å². The number of rotatable bonds is 17. The van der Waals surface area contributed by atoms with Gasteiger partial charge in [0.15, 0.2) is 0 Å². The molecule has 77 heavy (non-hydrogen) atoms. The average molecular weight is 1120 g/mol. The predicted octanol–water partition coefficient (Wildman–Crippen LogP) is 16.7. The van der Waals surface area contributed by atoms with Crippen LogP contribution in [0.25, 0.3) is 0 Å². The van der Waals surface area contributed by atoms with Crippen LogP contribution in [-0.4, -0.2) is 5.94 Å². The van der Waals surface area contributed by atoms with Crippen molar-refractivity contribution in [3.8, 4) is 0 Å². The van der Waals surface area contributed by atoms with Crippen LogP contribution in [0.2, 0.25) is 0 Å². The van der Waals surface area contributed by atoms with Gasteiger partial charge in [-0.15, -0.1) is 37.2 Å². The zero-order valence-electron chi connectivity index (χ0n) is 45.8. The first kappa shape index (κ1) is 58.9. The van der Waals surface area contributed by atoms with Crippen LogP contribution < -0.4 is 15.6 Å². The minimum atomic E-state index is -3.05.